The lowest BCUT2D eigenvalue weighted by Gasteiger charge is -2.30. The van der Waals surface area contributed by atoms with Gasteiger partial charge in [0.2, 0.25) is 0 Å². The summed E-state index contributed by atoms with van der Waals surface area (Å²) in [5.41, 5.74) is 3.00. The molecule has 0 aromatic heterocycles. The molecule has 1 aromatic carbocycles. The van der Waals surface area contributed by atoms with E-state index in [1.54, 1.807) is 18.2 Å². The average molecular weight is 290 g/mol. The van der Waals surface area contributed by atoms with E-state index in [-0.39, 0.29) is 16.7 Å². The number of aromatic hydroxyl groups is 1. The van der Waals surface area contributed by atoms with Gasteiger partial charge in [-0.3, -0.25) is 0 Å². The number of phenols is 1. The molecule has 0 fully saturated rings. The third-order valence-electron chi connectivity index (χ3n) is 3.62. The quantitative estimate of drug-likeness (QED) is 0.816. The first-order chi connectivity index (χ1) is 10.4. The van der Waals surface area contributed by atoms with Crippen LogP contribution in [-0.4, -0.2) is 5.11 Å². The van der Waals surface area contributed by atoms with Crippen molar-refractivity contribution in [1.29, 1.82) is 10.5 Å². The van der Waals surface area contributed by atoms with Gasteiger partial charge in [0.05, 0.1) is 0 Å². The Morgan fingerprint density at radius 2 is 1.91 bits per heavy atom. The molecular weight excluding hydrogens is 272 g/mol. The summed E-state index contributed by atoms with van der Waals surface area (Å²) in [5, 5.41) is 27.6. The van der Waals surface area contributed by atoms with Crippen LogP contribution >= 0.6 is 0 Å². The summed E-state index contributed by atoms with van der Waals surface area (Å²) >= 11 is 0. The number of allylic oxidation sites excluding steroid dienone is 5. The number of rotatable bonds is 2. The van der Waals surface area contributed by atoms with Crippen LogP contribution in [0, 0.1) is 28.1 Å². The molecule has 0 radical (unpaired) electrons. The minimum absolute atomic E-state index is 0.0154. The molecule has 0 aliphatic heterocycles. The minimum atomic E-state index is 0.0154. The fourth-order valence-corrected chi connectivity index (χ4v) is 2.72. The smallest absolute Gasteiger partial charge is 0.132 e. The van der Waals surface area contributed by atoms with E-state index in [9.17, 15) is 5.11 Å². The Balaban J connectivity index is 2.35. The van der Waals surface area contributed by atoms with E-state index in [0.29, 0.717) is 0 Å². The van der Waals surface area contributed by atoms with E-state index < -0.39 is 0 Å². The van der Waals surface area contributed by atoms with Crippen LogP contribution in [0.15, 0.2) is 53.1 Å². The number of benzene rings is 1. The molecule has 0 atom stereocenters. The van der Waals surface area contributed by atoms with Crippen molar-refractivity contribution in [3.8, 4) is 17.9 Å². The molecule has 110 valence electrons. The predicted octanol–water partition coefficient (Wildman–Crippen LogP) is 4.50. The van der Waals surface area contributed by atoms with E-state index >= 15 is 0 Å². The Morgan fingerprint density at radius 3 is 2.55 bits per heavy atom. The molecule has 0 unspecified atom stereocenters. The zero-order chi connectivity index (χ0) is 16.2. The van der Waals surface area contributed by atoms with Crippen LogP contribution in [0.1, 0.15) is 32.3 Å². The largest absolute Gasteiger partial charge is 0.508 e. The summed E-state index contributed by atoms with van der Waals surface area (Å²) in [4.78, 5) is 0. The second-order valence-corrected chi connectivity index (χ2v) is 6.29. The highest BCUT2D eigenvalue weighted by atomic mass is 16.3. The maximum Gasteiger partial charge on any atom is 0.132 e. The van der Waals surface area contributed by atoms with Crippen LogP contribution in [0.4, 0.5) is 0 Å². The standard InChI is InChI=1S/C19H18N2O/c1-19(2)10-15(8-16(11-19)17(12-20)13-21)7-6-14-4-3-5-18(22)9-14/h3-9,22H,10-11H2,1-2H3/b7-6+. The highest BCUT2D eigenvalue weighted by Gasteiger charge is 2.26. The Bertz CT molecular complexity index is 736. The maximum absolute atomic E-state index is 9.48. The zero-order valence-electron chi connectivity index (χ0n) is 12.8. The molecule has 2 rings (SSSR count). The number of nitrogens with zero attached hydrogens (tertiary/aromatic N) is 2. The molecule has 3 nitrogen and oxygen atoms in total. The van der Waals surface area contributed by atoms with E-state index in [0.717, 1.165) is 29.6 Å². The molecule has 22 heavy (non-hydrogen) atoms. The Kier molecular flexibility index (Phi) is 4.49. The lowest BCUT2D eigenvalue weighted by molar-refractivity contribution is 0.354. The van der Waals surface area contributed by atoms with Crippen molar-refractivity contribution in [2.75, 3.05) is 0 Å². The molecule has 0 bridgehead atoms. The summed E-state index contributed by atoms with van der Waals surface area (Å²) in [6.07, 6.45) is 7.47. The Morgan fingerprint density at radius 1 is 1.18 bits per heavy atom. The van der Waals surface area contributed by atoms with Crippen LogP contribution < -0.4 is 0 Å². The first kappa shape index (κ1) is 15.6. The van der Waals surface area contributed by atoms with Gasteiger partial charge >= 0.3 is 0 Å². The van der Waals surface area contributed by atoms with E-state index in [1.165, 1.54) is 0 Å². The van der Waals surface area contributed by atoms with E-state index in [2.05, 4.69) is 13.8 Å². The lowest BCUT2D eigenvalue weighted by atomic mass is 9.74. The first-order valence-electron chi connectivity index (χ1n) is 7.14. The van der Waals surface area contributed by atoms with Crippen LogP contribution in [-0.2, 0) is 0 Å². The van der Waals surface area contributed by atoms with Crippen LogP contribution in [0.5, 0.6) is 5.75 Å². The number of phenolic OH excluding ortho intramolecular Hbond substituents is 1. The topological polar surface area (TPSA) is 67.8 Å². The second kappa shape index (κ2) is 6.33. The molecule has 3 heteroatoms. The molecule has 0 heterocycles. The predicted molar refractivity (Wildman–Crippen MR) is 86.5 cm³/mol. The minimum Gasteiger partial charge on any atom is -0.508 e. The molecule has 1 N–H and O–H groups in total. The highest BCUT2D eigenvalue weighted by molar-refractivity contribution is 5.57. The first-order valence-corrected chi connectivity index (χ1v) is 7.14. The van der Waals surface area contributed by atoms with Gasteiger partial charge in [-0.1, -0.05) is 44.2 Å². The van der Waals surface area contributed by atoms with Gasteiger partial charge in [-0.15, -0.1) is 0 Å². The molecule has 0 spiro atoms. The molecule has 0 amide bonds. The monoisotopic (exact) mass is 290 g/mol. The van der Waals surface area contributed by atoms with Crippen molar-refractivity contribution in [3.63, 3.8) is 0 Å². The number of hydrogen-bond acceptors (Lipinski definition) is 3. The molecule has 0 saturated carbocycles. The average Bonchev–Trinajstić information content (AvgIpc) is 2.45. The highest BCUT2D eigenvalue weighted by Crippen LogP contribution is 2.39. The van der Waals surface area contributed by atoms with Crippen molar-refractivity contribution in [1.82, 2.24) is 0 Å². The molecule has 1 aromatic rings. The third-order valence-corrected chi connectivity index (χ3v) is 3.62. The number of hydrogen-bond donors (Lipinski definition) is 1. The fourth-order valence-electron chi connectivity index (χ4n) is 2.72. The summed E-state index contributed by atoms with van der Waals surface area (Å²) in [6, 6.07) is 11.0. The van der Waals surface area contributed by atoms with Gasteiger partial charge in [0.25, 0.3) is 0 Å². The van der Waals surface area contributed by atoms with Crippen molar-refractivity contribution >= 4 is 6.08 Å². The maximum atomic E-state index is 9.48. The second-order valence-electron chi connectivity index (χ2n) is 6.29. The van der Waals surface area contributed by atoms with Gasteiger partial charge in [0, 0.05) is 0 Å². The molecular formula is C19H18N2O. The van der Waals surface area contributed by atoms with Gasteiger partial charge in [0.1, 0.15) is 23.5 Å². The Hall–Kier alpha value is -2.78. The van der Waals surface area contributed by atoms with Crippen molar-refractivity contribution in [2.24, 2.45) is 5.41 Å². The summed E-state index contributed by atoms with van der Waals surface area (Å²) in [7, 11) is 0. The Labute approximate surface area is 131 Å². The van der Waals surface area contributed by atoms with Crippen LogP contribution in [0.25, 0.3) is 6.08 Å². The normalized spacial score (nSPS) is 16.7. The van der Waals surface area contributed by atoms with Gasteiger partial charge in [0.15, 0.2) is 0 Å². The summed E-state index contributed by atoms with van der Waals surface area (Å²) in [6.45, 7) is 4.27. The van der Waals surface area contributed by atoms with Gasteiger partial charge in [-0.05, 0) is 47.1 Å². The van der Waals surface area contributed by atoms with Gasteiger partial charge in [-0.2, -0.15) is 10.5 Å². The molecule has 1 aliphatic rings. The van der Waals surface area contributed by atoms with Gasteiger partial charge < -0.3 is 5.11 Å². The molecule has 0 saturated heterocycles. The molecule has 1 aliphatic carbocycles. The zero-order valence-corrected chi connectivity index (χ0v) is 12.8. The SMILES string of the molecule is CC1(C)CC(/C=C/c2cccc(O)c2)=CC(=C(C#N)C#N)C1. The van der Waals surface area contributed by atoms with Crippen molar-refractivity contribution in [3.05, 3.63) is 58.7 Å². The van der Waals surface area contributed by atoms with E-state index in [1.807, 2.05) is 36.4 Å². The van der Waals surface area contributed by atoms with Crippen LogP contribution in [0.2, 0.25) is 0 Å². The summed E-state index contributed by atoms with van der Waals surface area (Å²) in [5.74, 6) is 0.233. The summed E-state index contributed by atoms with van der Waals surface area (Å²) < 4.78 is 0. The van der Waals surface area contributed by atoms with Crippen molar-refractivity contribution in [2.45, 2.75) is 26.7 Å². The third kappa shape index (κ3) is 3.87. The van der Waals surface area contributed by atoms with Crippen LogP contribution in [0.3, 0.4) is 0 Å². The lowest BCUT2D eigenvalue weighted by Crippen LogP contribution is -2.17. The van der Waals surface area contributed by atoms with E-state index in [4.69, 9.17) is 10.5 Å². The van der Waals surface area contributed by atoms with Gasteiger partial charge in [-0.25, -0.2) is 0 Å². The van der Waals surface area contributed by atoms with Crippen molar-refractivity contribution < 1.29 is 5.11 Å². The fraction of sp³-hybridized carbons (Fsp3) is 0.263. The number of nitriles is 2.